The van der Waals surface area contributed by atoms with Crippen molar-refractivity contribution in [3.8, 4) is 11.6 Å². The standard InChI is InChI=1S/C18H19N3O3/c1-18(2,3)17(23)20-11-7-8-14-12(10-11)16(22)21(4)13-6-5-9-19-15(13)24-14/h5-10H,1-4H3,(H,20,23). The Balaban J connectivity index is 1.99. The first-order chi connectivity index (χ1) is 11.3. The monoisotopic (exact) mass is 325 g/mol. The van der Waals surface area contributed by atoms with E-state index in [4.69, 9.17) is 4.74 Å². The van der Waals surface area contributed by atoms with Crippen molar-refractivity contribution >= 4 is 23.2 Å². The van der Waals surface area contributed by atoms with Crippen LogP contribution in [0.3, 0.4) is 0 Å². The highest BCUT2D eigenvalue weighted by atomic mass is 16.5. The quantitative estimate of drug-likeness (QED) is 0.871. The van der Waals surface area contributed by atoms with Crippen LogP contribution in [0.25, 0.3) is 0 Å². The topological polar surface area (TPSA) is 71.5 Å². The van der Waals surface area contributed by atoms with Gasteiger partial charge in [-0.2, -0.15) is 0 Å². The van der Waals surface area contributed by atoms with Crippen LogP contribution in [0, 0.1) is 5.41 Å². The minimum absolute atomic E-state index is 0.122. The summed E-state index contributed by atoms with van der Waals surface area (Å²) >= 11 is 0. The third kappa shape index (κ3) is 2.82. The number of ether oxygens (including phenoxy) is 1. The molecule has 1 N–H and O–H groups in total. The zero-order chi connectivity index (χ0) is 17.5. The van der Waals surface area contributed by atoms with E-state index < -0.39 is 5.41 Å². The van der Waals surface area contributed by atoms with Gasteiger partial charge in [-0.15, -0.1) is 0 Å². The molecule has 1 aliphatic heterocycles. The van der Waals surface area contributed by atoms with Gasteiger partial charge in [-0.3, -0.25) is 9.59 Å². The molecule has 0 fully saturated rings. The molecule has 0 spiro atoms. The Labute approximate surface area is 140 Å². The summed E-state index contributed by atoms with van der Waals surface area (Å²) in [4.78, 5) is 30.6. The lowest BCUT2D eigenvalue weighted by Gasteiger charge is -2.18. The normalized spacial score (nSPS) is 13.5. The van der Waals surface area contributed by atoms with Crippen molar-refractivity contribution in [3.63, 3.8) is 0 Å². The number of anilines is 2. The van der Waals surface area contributed by atoms with Crippen LogP contribution < -0.4 is 15.0 Å². The summed E-state index contributed by atoms with van der Waals surface area (Å²) in [5.41, 5.74) is 1.00. The smallest absolute Gasteiger partial charge is 0.262 e. The van der Waals surface area contributed by atoms with Crippen LogP contribution in [0.5, 0.6) is 11.6 Å². The maximum absolute atomic E-state index is 12.7. The number of benzene rings is 1. The molecular formula is C18H19N3O3. The molecule has 2 amide bonds. The second-order valence-electron chi connectivity index (χ2n) is 6.71. The lowest BCUT2D eigenvalue weighted by atomic mass is 9.95. The van der Waals surface area contributed by atoms with Crippen molar-refractivity contribution in [1.29, 1.82) is 0 Å². The molecular weight excluding hydrogens is 306 g/mol. The van der Waals surface area contributed by atoms with Gasteiger partial charge in [-0.25, -0.2) is 4.98 Å². The number of hydrogen-bond acceptors (Lipinski definition) is 4. The highest BCUT2D eigenvalue weighted by Gasteiger charge is 2.27. The molecule has 0 aliphatic carbocycles. The van der Waals surface area contributed by atoms with Crippen LogP contribution in [-0.2, 0) is 4.79 Å². The summed E-state index contributed by atoms with van der Waals surface area (Å²) in [5.74, 6) is 0.447. The number of carbonyl (C=O) groups excluding carboxylic acids is 2. The van der Waals surface area contributed by atoms with Crippen LogP contribution in [0.1, 0.15) is 31.1 Å². The molecule has 0 saturated heterocycles. The van der Waals surface area contributed by atoms with E-state index in [1.807, 2.05) is 20.8 Å². The number of pyridine rings is 1. The zero-order valence-corrected chi connectivity index (χ0v) is 14.1. The summed E-state index contributed by atoms with van der Waals surface area (Å²) in [7, 11) is 1.67. The number of nitrogens with zero attached hydrogens (tertiary/aromatic N) is 2. The molecule has 0 atom stereocenters. The number of fused-ring (bicyclic) bond motifs is 2. The van der Waals surface area contributed by atoms with Crippen molar-refractivity contribution in [1.82, 2.24) is 4.98 Å². The second kappa shape index (κ2) is 5.63. The molecule has 0 unspecified atom stereocenters. The van der Waals surface area contributed by atoms with Crippen LogP contribution in [0.15, 0.2) is 36.5 Å². The molecule has 0 bridgehead atoms. The molecule has 3 rings (SSSR count). The number of nitrogens with one attached hydrogen (secondary N) is 1. The minimum Gasteiger partial charge on any atom is -0.436 e. The highest BCUT2D eigenvalue weighted by molar-refractivity contribution is 6.10. The molecule has 24 heavy (non-hydrogen) atoms. The number of carbonyl (C=O) groups is 2. The van der Waals surface area contributed by atoms with E-state index in [2.05, 4.69) is 10.3 Å². The summed E-state index contributed by atoms with van der Waals surface area (Å²) in [5, 5.41) is 2.83. The molecule has 0 saturated carbocycles. The Kier molecular flexibility index (Phi) is 3.75. The van der Waals surface area contributed by atoms with E-state index in [0.717, 1.165) is 0 Å². The van der Waals surface area contributed by atoms with Crippen LogP contribution in [0.2, 0.25) is 0 Å². The Morgan fingerprint density at radius 2 is 2.00 bits per heavy atom. The maximum Gasteiger partial charge on any atom is 0.262 e. The first-order valence-electron chi connectivity index (χ1n) is 7.64. The molecule has 6 heteroatoms. The molecule has 1 aromatic carbocycles. The van der Waals surface area contributed by atoms with Gasteiger partial charge < -0.3 is 15.0 Å². The summed E-state index contributed by atoms with van der Waals surface area (Å²) in [6.45, 7) is 5.49. The minimum atomic E-state index is -0.524. The fourth-order valence-electron chi connectivity index (χ4n) is 2.29. The Bertz CT molecular complexity index is 824. The Morgan fingerprint density at radius 1 is 1.25 bits per heavy atom. The van der Waals surface area contributed by atoms with E-state index in [9.17, 15) is 9.59 Å². The van der Waals surface area contributed by atoms with Crippen molar-refractivity contribution in [2.75, 3.05) is 17.3 Å². The fraction of sp³-hybridized carbons (Fsp3) is 0.278. The van der Waals surface area contributed by atoms with Crippen molar-refractivity contribution in [2.45, 2.75) is 20.8 Å². The van der Waals surface area contributed by atoms with Gasteiger partial charge in [0.05, 0.1) is 5.56 Å². The van der Waals surface area contributed by atoms with Gasteiger partial charge >= 0.3 is 0 Å². The predicted octanol–water partition coefficient (Wildman–Crippen LogP) is 3.45. The van der Waals surface area contributed by atoms with Crippen LogP contribution in [0.4, 0.5) is 11.4 Å². The molecule has 2 aromatic rings. The fourth-order valence-corrected chi connectivity index (χ4v) is 2.29. The first kappa shape index (κ1) is 16.0. The average Bonchev–Trinajstić information content (AvgIpc) is 2.63. The van der Waals surface area contributed by atoms with Crippen LogP contribution in [-0.4, -0.2) is 23.8 Å². The van der Waals surface area contributed by atoms with Crippen LogP contribution >= 0.6 is 0 Å². The van der Waals surface area contributed by atoms with E-state index in [1.165, 1.54) is 4.90 Å². The SMILES string of the molecule is CN1C(=O)c2cc(NC(=O)C(C)(C)C)ccc2Oc2ncccc21. The molecule has 124 valence electrons. The van der Waals surface area contributed by atoms with Gasteiger partial charge in [-0.1, -0.05) is 20.8 Å². The largest absolute Gasteiger partial charge is 0.436 e. The van der Waals surface area contributed by atoms with E-state index in [1.54, 1.807) is 43.6 Å². The van der Waals surface area contributed by atoms with Gasteiger partial charge in [0.25, 0.3) is 5.91 Å². The molecule has 0 radical (unpaired) electrons. The molecule has 6 nitrogen and oxygen atoms in total. The first-order valence-corrected chi connectivity index (χ1v) is 7.64. The van der Waals surface area contributed by atoms with Crippen molar-refractivity contribution < 1.29 is 14.3 Å². The average molecular weight is 325 g/mol. The highest BCUT2D eigenvalue weighted by Crippen LogP contribution is 2.37. The van der Waals surface area contributed by atoms with Gasteiger partial charge in [0.2, 0.25) is 11.8 Å². The number of hydrogen-bond donors (Lipinski definition) is 1. The lowest BCUT2D eigenvalue weighted by Crippen LogP contribution is -2.28. The summed E-state index contributed by atoms with van der Waals surface area (Å²) in [6, 6.07) is 8.53. The van der Waals surface area contributed by atoms with E-state index in [0.29, 0.717) is 28.6 Å². The van der Waals surface area contributed by atoms with Crippen molar-refractivity contribution in [2.24, 2.45) is 5.41 Å². The summed E-state index contributed by atoms with van der Waals surface area (Å²) in [6.07, 6.45) is 1.61. The van der Waals surface area contributed by atoms with E-state index >= 15 is 0 Å². The van der Waals surface area contributed by atoms with E-state index in [-0.39, 0.29) is 11.8 Å². The number of rotatable bonds is 1. The van der Waals surface area contributed by atoms with Gasteiger partial charge in [0.1, 0.15) is 11.4 Å². The number of aromatic nitrogens is 1. The third-order valence-corrected chi connectivity index (χ3v) is 3.77. The predicted molar refractivity (Wildman–Crippen MR) is 91.6 cm³/mol. The van der Waals surface area contributed by atoms with Crippen molar-refractivity contribution in [3.05, 3.63) is 42.1 Å². The third-order valence-electron chi connectivity index (χ3n) is 3.77. The molecule has 2 heterocycles. The lowest BCUT2D eigenvalue weighted by molar-refractivity contribution is -0.123. The number of amides is 2. The zero-order valence-electron chi connectivity index (χ0n) is 14.1. The van der Waals surface area contributed by atoms with Gasteiger partial charge in [0.15, 0.2) is 0 Å². The Hall–Kier alpha value is -2.89. The van der Waals surface area contributed by atoms with Gasteiger partial charge in [0, 0.05) is 24.3 Å². The second-order valence-corrected chi connectivity index (χ2v) is 6.71. The van der Waals surface area contributed by atoms with Gasteiger partial charge in [-0.05, 0) is 30.3 Å². The molecule has 1 aliphatic rings. The molecule has 1 aromatic heterocycles. The summed E-state index contributed by atoms with van der Waals surface area (Å²) < 4.78 is 5.78. The maximum atomic E-state index is 12.7. The Morgan fingerprint density at radius 3 is 2.71 bits per heavy atom.